The van der Waals surface area contributed by atoms with Crippen molar-refractivity contribution in [3.8, 4) is 17.2 Å². The first kappa shape index (κ1) is 23.7. The highest BCUT2D eigenvalue weighted by Crippen LogP contribution is 2.26. The molecule has 10 heteroatoms. The van der Waals surface area contributed by atoms with Crippen molar-refractivity contribution in [2.45, 2.75) is 23.8 Å². The molecule has 0 unspecified atom stereocenters. The van der Waals surface area contributed by atoms with Crippen LogP contribution in [0.25, 0.3) is 11.5 Å². The lowest BCUT2D eigenvalue weighted by atomic mass is 10.2. The van der Waals surface area contributed by atoms with Gasteiger partial charge in [0.15, 0.2) is 0 Å². The minimum Gasteiger partial charge on any atom is -0.494 e. The molecule has 3 aromatic rings. The molecule has 0 saturated heterocycles. The van der Waals surface area contributed by atoms with Crippen LogP contribution in [0.4, 0.5) is 0 Å². The van der Waals surface area contributed by atoms with E-state index in [0.717, 1.165) is 11.3 Å². The van der Waals surface area contributed by atoms with E-state index >= 15 is 0 Å². The molecule has 2 aromatic heterocycles. The molecule has 3 N–H and O–H groups in total. The minimum absolute atomic E-state index is 0.0200. The Morgan fingerprint density at radius 2 is 1.97 bits per heavy atom. The summed E-state index contributed by atoms with van der Waals surface area (Å²) in [6.07, 6.45) is 2.78. The number of carbonyl (C=O) groups excluding carboxylic acids is 1. The molecule has 0 aliphatic heterocycles. The maximum atomic E-state index is 11.7. The molecule has 0 radical (unpaired) electrons. The smallest absolute Gasteiger partial charge is 0.277 e. The number of hydrogen-bond acceptors (Lipinski definition) is 9. The van der Waals surface area contributed by atoms with Crippen LogP contribution >= 0.6 is 11.8 Å². The topological polar surface area (TPSA) is 125 Å². The molecular formula is C22H27N5O4S. The number of nitrogens with two attached hydrogens (primary N) is 1. The van der Waals surface area contributed by atoms with Crippen LogP contribution in [0.2, 0.25) is 0 Å². The lowest BCUT2D eigenvalue weighted by Crippen LogP contribution is -2.28. The van der Waals surface area contributed by atoms with Crippen molar-refractivity contribution >= 4 is 17.7 Å². The zero-order chi connectivity index (χ0) is 22.4. The van der Waals surface area contributed by atoms with Crippen LogP contribution < -0.4 is 15.8 Å². The van der Waals surface area contributed by atoms with Gasteiger partial charge in [-0.05, 0) is 42.8 Å². The number of aromatic nitrogens is 3. The molecule has 2 heterocycles. The Hall–Kier alpha value is -2.95. The van der Waals surface area contributed by atoms with E-state index in [9.17, 15) is 4.79 Å². The van der Waals surface area contributed by atoms with Crippen molar-refractivity contribution in [2.24, 2.45) is 5.73 Å². The predicted octanol–water partition coefficient (Wildman–Crippen LogP) is 2.67. The van der Waals surface area contributed by atoms with Crippen LogP contribution in [0.5, 0.6) is 5.75 Å². The van der Waals surface area contributed by atoms with Gasteiger partial charge in [0.2, 0.25) is 11.8 Å². The number of amides is 1. The van der Waals surface area contributed by atoms with Crippen LogP contribution in [0.1, 0.15) is 18.5 Å². The number of nitrogens with one attached hydrogen (secondary N) is 1. The Labute approximate surface area is 191 Å². The van der Waals surface area contributed by atoms with Crippen LogP contribution in [-0.2, 0) is 15.3 Å². The SMILES string of the molecule is NCCOCCNC(=O)CCCOc1ccc(-c2nnc(SCc3ccccn3)o2)cc1. The molecule has 32 heavy (non-hydrogen) atoms. The van der Waals surface area contributed by atoms with Gasteiger partial charge in [-0.15, -0.1) is 10.2 Å². The van der Waals surface area contributed by atoms with Gasteiger partial charge in [-0.25, -0.2) is 0 Å². The maximum Gasteiger partial charge on any atom is 0.277 e. The summed E-state index contributed by atoms with van der Waals surface area (Å²) >= 11 is 1.44. The van der Waals surface area contributed by atoms with E-state index in [-0.39, 0.29) is 5.91 Å². The summed E-state index contributed by atoms with van der Waals surface area (Å²) in [6, 6.07) is 13.2. The molecule has 1 aromatic carbocycles. The fraction of sp³-hybridized carbons (Fsp3) is 0.364. The third-order valence-corrected chi connectivity index (χ3v) is 5.08. The van der Waals surface area contributed by atoms with Crippen molar-refractivity contribution in [1.82, 2.24) is 20.5 Å². The fourth-order valence-corrected chi connectivity index (χ4v) is 3.34. The molecule has 9 nitrogen and oxygen atoms in total. The standard InChI is InChI=1S/C22H27N5O4S/c23-10-14-29-15-12-25-20(28)5-3-13-30-19-8-6-17(7-9-19)21-26-27-22(31-21)32-16-18-4-1-2-11-24-18/h1-2,4,6-9,11H,3,5,10,12-16,23H2,(H,25,28). The Kier molecular flexibility index (Phi) is 9.97. The van der Waals surface area contributed by atoms with E-state index in [2.05, 4.69) is 20.5 Å². The third kappa shape index (κ3) is 8.29. The Morgan fingerprint density at radius 3 is 2.75 bits per heavy atom. The van der Waals surface area contributed by atoms with Gasteiger partial charge in [-0.2, -0.15) is 0 Å². The third-order valence-electron chi connectivity index (χ3n) is 4.23. The summed E-state index contributed by atoms with van der Waals surface area (Å²) in [5, 5.41) is 11.5. The minimum atomic E-state index is -0.0200. The van der Waals surface area contributed by atoms with E-state index in [1.807, 2.05) is 42.5 Å². The Bertz CT molecular complexity index is 937. The summed E-state index contributed by atoms with van der Waals surface area (Å²) in [5.41, 5.74) is 7.09. The summed E-state index contributed by atoms with van der Waals surface area (Å²) < 4.78 is 16.6. The van der Waals surface area contributed by atoms with Crippen molar-refractivity contribution in [3.05, 3.63) is 54.4 Å². The second-order valence-electron chi connectivity index (χ2n) is 6.71. The number of hydrogen-bond donors (Lipinski definition) is 2. The van der Waals surface area contributed by atoms with Gasteiger partial charge in [-0.1, -0.05) is 17.8 Å². The average molecular weight is 458 g/mol. The first-order chi connectivity index (χ1) is 15.7. The monoisotopic (exact) mass is 457 g/mol. The molecule has 170 valence electrons. The highest BCUT2D eigenvalue weighted by molar-refractivity contribution is 7.98. The molecule has 0 spiro atoms. The van der Waals surface area contributed by atoms with Crippen molar-refractivity contribution in [1.29, 1.82) is 0 Å². The number of ether oxygens (including phenoxy) is 2. The number of benzene rings is 1. The second-order valence-corrected chi connectivity index (χ2v) is 7.64. The van der Waals surface area contributed by atoms with E-state index in [0.29, 0.717) is 68.4 Å². The predicted molar refractivity (Wildman–Crippen MR) is 121 cm³/mol. The zero-order valence-corrected chi connectivity index (χ0v) is 18.6. The molecule has 0 atom stereocenters. The van der Waals surface area contributed by atoms with Gasteiger partial charge in [0.1, 0.15) is 5.75 Å². The maximum absolute atomic E-state index is 11.7. The van der Waals surface area contributed by atoms with Crippen molar-refractivity contribution in [2.75, 3.05) is 32.9 Å². The van der Waals surface area contributed by atoms with Crippen LogP contribution in [0.3, 0.4) is 0 Å². The number of carbonyl (C=O) groups is 1. The first-order valence-corrected chi connectivity index (χ1v) is 11.4. The van der Waals surface area contributed by atoms with Crippen LogP contribution in [0.15, 0.2) is 58.3 Å². The number of pyridine rings is 1. The average Bonchev–Trinajstić information content (AvgIpc) is 3.30. The van der Waals surface area contributed by atoms with Gasteiger partial charge in [0.05, 0.1) is 25.5 Å². The van der Waals surface area contributed by atoms with Crippen LogP contribution in [0, 0.1) is 0 Å². The molecule has 3 rings (SSSR count). The molecule has 0 bridgehead atoms. The largest absolute Gasteiger partial charge is 0.494 e. The van der Waals surface area contributed by atoms with E-state index < -0.39 is 0 Å². The number of rotatable bonds is 14. The molecule has 0 aliphatic rings. The summed E-state index contributed by atoms with van der Waals surface area (Å²) in [7, 11) is 0. The normalized spacial score (nSPS) is 10.8. The summed E-state index contributed by atoms with van der Waals surface area (Å²) in [4.78, 5) is 16.0. The zero-order valence-electron chi connectivity index (χ0n) is 17.7. The van der Waals surface area contributed by atoms with Gasteiger partial charge in [0, 0.05) is 37.0 Å². The van der Waals surface area contributed by atoms with E-state index in [1.165, 1.54) is 11.8 Å². The Morgan fingerprint density at radius 1 is 1.09 bits per heavy atom. The summed E-state index contributed by atoms with van der Waals surface area (Å²) in [5.74, 6) is 1.81. The number of nitrogens with zero attached hydrogens (tertiary/aromatic N) is 3. The molecule has 0 aliphatic carbocycles. The van der Waals surface area contributed by atoms with Crippen molar-refractivity contribution in [3.63, 3.8) is 0 Å². The summed E-state index contributed by atoms with van der Waals surface area (Å²) in [6.45, 7) is 2.39. The van der Waals surface area contributed by atoms with Gasteiger partial charge in [0.25, 0.3) is 5.22 Å². The van der Waals surface area contributed by atoms with Crippen LogP contribution in [-0.4, -0.2) is 54.0 Å². The van der Waals surface area contributed by atoms with Crippen molar-refractivity contribution < 1.29 is 18.7 Å². The van der Waals surface area contributed by atoms with Gasteiger partial charge < -0.3 is 24.9 Å². The van der Waals surface area contributed by atoms with E-state index in [4.69, 9.17) is 19.6 Å². The molecule has 0 fully saturated rings. The quantitative estimate of drug-likeness (QED) is 0.277. The number of thioether (sulfide) groups is 1. The highest BCUT2D eigenvalue weighted by Gasteiger charge is 2.10. The highest BCUT2D eigenvalue weighted by atomic mass is 32.2. The molecule has 0 saturated carbocycles. The fourth-order valence-electron chi connectivity index (χ4n) is 2.66. The Balaban J connectivity index is 1.35. The van der Waals surface area contributed by atoms with Gasteiger partial charge >= 0.3 is 0 Å². The first-order valence-electron chi connectivity index (χ1n) is 10.4. The van der Waals surface area contributed by atoms with Gasteiger partial charge in [-0.3, -0.25) is 9.78 Å². The molecular weight excluding hydrogens is 430 g/mol. The molecule has 1 amide bonds. The van der Waals surface area contributed by atoms with E-state index in [1.54, 1.807) is 6.20 Å². The second kappa shape index (κ2) is 13.5. The lowest BCUT2D eigenvalue weighted by molar-refractivity contribution is -0.121. The lowest BCUT2D eigenvalue weighted by Gasteiger charge is -2.07.